The predicted octanol–water partition coefficient (Wildman–Crippen LogP) is 7.02. The van der Waals surface area contributed by atoms with Gasteiger partial charge in [0.2, 0.25) is 0 Å². The topological polar surface area (TPSA) is 49.8 Å². The summed E-state index contributed by atoms with van der Waals surface area (Å²) in [6, 6.07) is 18.5. The molecular weight excluding hydrogens is 419 g/mol. The molecule has 0 aliphatic heterocycles. The zero-order valence-corrected chi connectivity index (χ0v) is 17.6. The number of benzene rings is 3. The zero-order valence-electron chi connectivity index (χ0n) is 17.6. The Hall–Kier alpha value is -3.48. The average molecular weight is 443 g/mol. The van der Waals surface area contributed by atoms with Gasteiger partial charge in [0.05, 0.1) is 18.7 Å². The number of para-hydroxylation sites is 1. The van der Waals surface area contributed by atoms with Crippen LogP contribution in [0.4, 0.5) is 23.7 Å². The second kappa shape index (κ2) is 10.2. The number of phenols is 1. The van der Waals surface area contributed by atoms with E-state index in [4.69, 9.17) is 4.74 Å². The number of rotatable bonds is 7. The fraction of sp³-hybridized carbons (Fsp3) is 0.240. The maximum Gasteiger partial charge on any atom is 0.416 e. The van der Waals surface area contributed by atoms with E-state index in [2.05, 4.69) is 0 Å². The minimum atomic E-state index is -4.52. The Balaban J connectivity index is 1.91. The molecule has 32 heavy (non-hydrogen) atoms. The largest absolute Gasteiger partial charge is 0.507 e. The highest BCUT2D eigenvalue weighted by atomic mass is 19.4. The normalized spacial score (nSPS) is 11.2. The van der Waals surface area contributed by atoms with Crippen LogP contribution in [0.15, 0.2) is 72.8 Å². The summed E-state index contributed by atoms with van der Waals surface area (Å²) in [7, 11) is 0. The number of alkyl halides is 3. The molecule has 0 heterocycles. The molecule has 1 amide bonds. The number of halogens is 3. The molecule has 0 aromatic heterocycles. The molecule has 3 rings (SSSR count). The van der Waals surface area contributed by atoms with Crippen LogP contribution >= 0.6 is 0 Å². The van der Waals surface area contributed by atoms with Gasteiger partial charge in [-0.05, 0) is 53.9 Å². The number of nitrogens with zero attached hydrogens (tertiary/aromatic N) is 1. The van der Waals surface area contributed by atoms with Crippen LogP contribution in [0.3, 0.4) is 0 Å². The van der Waals surface area contributed by atoms with E-state index in [1.54, 1.807) is 48.5 Å². The number of hydrogen-bond acceptors (Lipinski definition) is 3. The molecule has 0 fully saturated rings. The number of phenolic OH excluding ortho intramolecular Hbond substituents is 1. The Labute approximate surface area is 184 Å². The Bertz CT molecular complexity index is 1050. The van der Waals surface area contributed by atoms with E-state index >= 15 is 0 Å². The molecule has 3 aromatic carbocycles. The molecule has 4 nitrogen and oxygen atoms in total. The fourth-order valence-corrected chi connectivity index (χ4v) is 3.21. The van der Waals surface area contributed by atoms with Crippen LogP contribution in [0, 0.1) is 0 Å². The van der Waals surface area contributed by atoms with E-state index in [-0.39, 0.29) is 17.9 Å². The predicted molar refractivity (Wildman–Crippen MR) is 117 cm³/mol. The van der Waals surface area contributed by atoms with Gasteiger partial charge in [0.25, 0.3) is 0 Å². The smallest absolute Gasteiger partial charge is 0.416 e. The molecule has 7 heteroatoms. The van der Waals surface area contributed by atoms with E-state index < -0.39 is 17.8 Å². The first kappa shape index (κ1) is 23.2. The molecule has 168 valence electrons. The SMILES string of the molecule is CCCCOC(=O)N(Cc1cccc(-c2cc(C(F)(F)F)ccc2O)c1)c1ccccc1. The Kier molecular flexibility index (Phi) is 7.41. The zero-order chi connectivity index (χ0) is 23.1. The molecule has 0 aliphatic carbocycles. The highest BCUT2D eigenvalue weighted by Crippen LogP contribution is 2.37. The molecule has 0 radical (unpaired) electrons. The maximum atomic E-state index is 13.1. The third-order valence-corrected chi connectivity index (χ3v) is 4.91. The van der Waals surface area contributed by atoms with Crippen LogP contribution in [0.5, 0.6) is 5.75 Å². The van der Waals surface area contributed by atoms with Gasteiger partial charge >= 0.3 is 12.3 Å². The van der Waals surface area contributed by atoms with Gasteiger partial charge in [-0.2, -0.15) is 13.2 Å². The number of unbranched alkanes of at least 4 members (excludes halogenated alkanes) is 1. The quantitative estimate of drug-likeness (QED) is 0.399. The summed E-state index contributed by atoms with van der Waals surface area (Å²) in [6.45, 7) is 2.46. The van der Waals surface area contributed by atoms with E-state index in [0.717, 1.165) is 31.0 Å². The number of aromatic hydroxyl groups is 1. The third-order valence-electron chi connectivity index (χ3n) is 4.91. The lowest BCUT2D eigenvalue weighted by molar-refractivity contribution is -0.137. The first-order valence-electron chi connectivity index (χ1n) is 10.3. The van der Waals surface area contributed by atoms with Crippen LogP contribution in [-0.4, -0.2) is 17.8 Å². The lowest BCUT2D eigenvalue weighted by Crippen LogP contribution is -2.31. The second-order valence-corrected chi connectivity index (χ2v) is 7.32. The van der Waals surface area contributed by atoms with Gasteiger partial charge in [0.15, 0.2) is 0 Å². The van der Waals surface area contributed by atoms with Crippen LogP contribution in [-0.2, 0) is 17.5 Å². The number of carbonyl (C=O) groups excluding carboxylic acids is 1. The van der Waals surface area contributed by atoms with Crippen molar-refractivity contribution in [3.8, 4) is 16.9 Å². The first-order chi connectivity index (χ1) is 15.3. The summed E-state index contributed by atoms with van der Waals surface area (Å²) in [4.78, 5) is 14.2. The average Bonchev–Trinajstić information content (AvgIpc) is 2.78. The molecule has 0 bridgehead atoms. The van der Waals surface area contributed by atoms with Gasteiger partial charge in [0.1, 0.15) is 5.75 Å². The Morgan fingerprint density at radius 3 is 2.44 bits per heavy atom. The third kappa shape index (κ3) is 5.81. The number of amides is 1. The van der Waals surface area contributed by atoms with Gasteiger partial charge in [-0.1, -0.05) is 49.7 Å². The summed E-state index contributed by atoms with van der Waals surface area (Å²) in [5, 5.41) is 10.2. The first-order valence-corrected chi connectivity index (χ1v) is 10.3. The molecule has 0 aliphatic rings. The van der Waals surface area contributed by atoms with Crippen LogP contribution in [0.1, 0.15) is 30.9 Å². The molecule has 0 atom stereocenters. The van der Waals surface area contributed by atoms with E-state index in [9.17, 15) is 23.1 Å². The lowest BCUT2D eigenvalue weighted by Gasteiger charge is -2.23. The molecule has 0 unspecified atom stereocenters. The Morgan fingerprint density at radius 1 is 1.00 bits per heavy atom. The van der Waals surface area contributed by atoms with Crippen molar-refractivity contribution >= 4 is 11.8 Å². The van der Waals surface area contributed by atoms with Crippen LogP contribution < -0.4 is 4.90 Å². The highest BCUT2D eigenvalue weighted by molar-refractivity contribution is 5.87. The molecule has 0 spiro atoms. The Morgan fingerprint density at radius 2 is 1.75 bits per heavy atom. The van der Waals surface area contributed by atoms with Crippen molar-refractivity contribution in [2.75, 3.05) is 11.5 Å². The fourth-order valence-electron chi connectivity index (χ4n) is 3.21. The van der Waals surface area contributed by atoms with Gasteiger partial charge < -0.3 is 9.84 Å². The van der Waals surface area contributed by atoms with E-state index in [1.165, 1.54) is 4.90 Å². The summed E-state index contributed by atoms with van der Waals surface area (Å²) >= 11 is 0. The molecule has 0 saturated heterocycles. The summed E-state index contributed by atoms with van der Waals surface area (Å²) < 4.78 is 44.8. The van der Waals surface area contributed by atoms with Crippen molar-refractivity contribution in [2.45, 2.75) is 32.5 Å². The summed E-state index contributed by atoms with van der Waals surface area (Å²) in [5.41, 5.74) is 0.954. The maximum absolute atomic E-state index is 13.1. The number of carbonyl (C=O) groups is 1. The minimum Gasteiger partial charge on any atom is -0.507 e. The van der Waals surface area contributed by atoms with Gasteiger partial charge in [0, 0.05) is 11.3 Å². The second-order valence-electron chi connectivity index (χ2n) is 7.32. The standard InChI is InChI=1S/C25H24F3NO3/c1-2-3-14-32-24(31)29(21-10-5-4-6-11-21)17-18-8-7-9-19(15-18)22-16-20(25(26,27)28)12-13-23(22)30/h4-13,15-16,30H,2-3,14,17H2,1H3. The highest BCUT2D eigenvalue weighted by Gasteiger charge is 2.31. The minimum absolute atomic E-state index is 0.0680. The van der Waals surface area contributed by atoms with Gasteiger partial charge in [-0.3, -0.25) is 4.90 Å². The summed E-state index contributed by atoms with van der Waals surface area (Å²) in [5.74, 6) is -0.256. The van der Waals surface area contributed by atoms with Crippen molar-refractivity contribution in [1.82, 2.24) is 0 Å². The molecular formula is C25H24F3NO3. The molecule has 3 aromatic rings. The van der Waals surface area contributed by atoms with Crippen LogP contribution in [0.25, 0.3) is 11.1 Å². The van der Waals surface area contributed by atoms with Crippen molar-refractivity contribution < 1.29 is 27.8 Å². The molecule has 0 saturated carbocycles. The number of anilines is 1. The van der Waals surface area contributed by atoms with E-state index in [1.807, 2.05) is 13.0 Å². The van der Waals surface area contributed by atoms with Crippen LogP contribution in [0.2, 0.25) is 0 Å². The lowest BCUT2D eigenvalue weighted by atomic mass is 9.99. The van der Waals surface area contributed by atoms with E-state index in [0.29, 0.717) is 23.4 Å². The monoisotopic (exact) mass is 443 g/mol. The number of ether oxygens (including phenoxy) is 1. The van der Waals surface area contributed by atoms with Crippen molar-refractivity contribution in [2.24, 2.45) is 0 Å². The van der Waals surface area contributed by atoms with Gasteiger partial charge in [-0.25, -0.2) is 4.79 Å². The van der Waals surface area contributed by atoms with Gasteiger partial charge in [-0.15, -0.1) is 0 Å². The molecule has 1 N–H and O–H groups in total. The summed E-state index contributed by atoms with van der Waals surface area (Å²) in [6.07, 6.45) is -3.39. The van der Waals surface area contributed by atoms with Crippen molar-refractivity contribution in [3.63, 3.8) is 0 Å². The number of hydrogen-bond donors (Lipinski definition) is 1. The van der Waals surface area contributed by atoms with Crippen molar-refractivity contribution in [3.05, 3.63) is 83.9 Å². The van der Waals surface area contributed by atoms with Crippen molar-refractivity contribution in [1.29, 1.82) is 0 Å².